The maximum Gasteiger partial charge on any atom is 0.267 e. The van der Waals surface area contributed by atoms with Gasteiger partial charge < -0.3 is 5.73 Å². The number of halogens is 1. The van der Waals surface area contributed by atoms with Gasteiger partial charge in [0.15, 0.2) is 0 Å². The molecule has 1 unspecified atom stereocenters. The summed E-state index contributed by atoms with van der Waals surface area (Å²) >= 11 is 0. The van der Waals surface area contributed by atoms with E-state index in [1.807, 2.05) is 11.8 Å². The number of carbonyl (C=O) groups is 1. The van der Waals surface area contributed by atoms with Crippen molar-refractivity contribution in [3.8, 4) is 0 Å². The third kappa shape index (κ3) is 3.61. The minimum Gasteiger partial charge on any atom is -0.368 e. The fourth-order valence-corrected chi connectivity index (χ4v) is 3.25. The molecule has 2 aromatic rings. The summed E-state index contributed by atoms with van der Waals surface area (Å²) < 4.78 is 14.6. The van der Waals surface area contributed by atoms with Gasteiger partial charge >= 0.3 is 0 Å². The smallest absolute Gasteiger partial charge is 0.267 e. The molecule has 0 saturated carbocycles. The summed E-state index contributed by atoms with van der Waals surface area (Å²) in [6.07, 6.45) is 1.47. The first-order valence-corrected chi connectivity index (χ1v) is 8.38. The number of fused-ring (bicyclic) bond motifs is 1. The SMILES string of the molecule is CCCn1nc2c(cc1=O)CN(C(C(N)=O)c1ccc(F)cc1)CC2. The predicted molar refractivity (Wildman–Crippen MR) is 91.2 cm³/mol. The van der Waals surface area contributed by atoms with Crippen LogP contribution < -0.4 is 11.3 Å². The summed E-state index contributed by atoms with van der Waals surface area (Å²) in [6.45, 7) is 3.59. The van der Waals surface area contributed by atoms with E-state index >= 15 is 0 Å². The first kappa shape index (κ1) is 17.3. The lowest BCUT2D eigenvalue weighted by molar-refractivity contribution is -0.123. The van der Waals surface area contributed by atoms with Crippen LogP contribution in [-0.4, -0.2) is 27.1 Å². The van der Waals surface area contributed by atoms with Crippen molar-refractivity contribution < 1.29 is 9.18 Å². The Bertz CT molecular complexity index is 832. The minimum absolute atomic E-state index is 0.139. The molecule has 1 aromatic carbocycles. The first-order valence-electron chi connectivity index (χ1n) is 8.38. The van der Waals surface area contributed by atoms with E-state index in [1.54, 1.807) is 18.2 Å². The van der Waals surface area contributed by atoms with E-state index in [1.165, 1.54) is 16.8 Å². The van der Waals surface area contributed by atoms with E-state index in [9.17, 15) is 14.0 Å². The number of aromatic nitrogens is 2. The van der Waals surface area contributed by atoms with Gasteiger partial charge in [-0.3, -0.25) is 14.5 Å². The topological polar surface area (TPSA) is 81.2 Å². The van der Waals surface area contributed by atoms with E-state index in [0.717, 1.165) is 17.7 Å². The van der Waals surface area contributed by atoms with Crippen molar-refractivity contribution in [1.82, 2.24) is 14.7 Å². The molecule has 1 atom stereocenters. The van der Waals surface area contributed by atoms with Crippen molar-refractivity contribution in [3.05, 3.63) is 63.3 Å². The average Bonchev–Trinajstić information content (AvgIpc) is 2.57. The van der Waals surface area contributed by atoms with E-state index in [4.69, 9.17) is 5.73 Å². The van der Waals surface area contributed by atoms with Crippen molar-refractivity contribution in [2.24, 2.45) is 5.73 Å². The van der Waals surface area contributed by atoms with Crippen LogP contribution in [-0.2, 0) is 24.3 Å². The summed E-state index contributed by atoms with van der Waals surface area (Å²) in [5.74, 6) is -0.862. The minimum atomic E-state index is -0.660. The molecule has 0 radical (unpaired) electrons. The van der Waals surface area contributed by atoms with Crippen LogP contribution in [0.1, 0.15) is 36.2 Å². The second-order valence-corrected chi connectivity index (χ2v) is 6.25. The summed E-state index contributed by atoms with van der Waals surface area (Å²) in [5, 5.41) is 4.44. The van der Waals surface area contributed by atoms with Crippen molar-refractivity contribution in [2.75, 3.05) is 6.54 Å². The van der Waals surface area contributed by atoms with Crippen LogP contribution in [0, 0.1) is 5.82 Å². The van der Waals surface area contributed by atoms with Gasteiger partial charge in [0.25, 0.3) is 5.56 Å². The molecule has 0 aliphatic carbocycles. The Morgan fingerprint density at radius 1 is 1.36 bits per heavy atom. The zero-order chi connectivity index (χ0) is 18.0. The Morgan fingerprint density at radius 3 is 2.72 bits per heavy atom. The normalized spacial score (nSPS) is 15.6. The maximum atomic E-state index is 13.2. The number of hydrogen-bond acceptors (Lipinski definition) is 4. The second kappa shape index (κ2) is 7.14. The standard InChI is InChI=1S/C18H21FN4O2/c1-2-8-23-16(24)10-13-11-22(9-7-15(13)21-23)17(18(20)25)12-3-5-14(19)6-4-12/h3-6,10,17H,2,7-9,11H2,1H3,(H2,20,25). The number of nitrogens with two attached hydrogens (primary N) is 1. The molecule has 2 heterocycles. The van der Waals surface area contributed by atoms with Crippen LogP contribution >= 0.6 is 0 Å². The molecule has 7 heteroatoms. The molecular formula is C18H21FN4O2. The molecule has 1 aliphatic rings. The third-order valence-corrected chi connectivity index (χ3v) is 4.43. The summed E-state index contributed by atoms with van der Waals surface area (Å²) in [5.41, 5.74) is 7.80. The Labute approximate surface area is 145 Å². The van der Waals surface area contributed by atoms with Crippen LogP contribution in [0.3, 0.4) is 0 Å². The van der Waals surface area contributed by atoms with Gasteiger partial charge in [0.05, 0.1) is 5.69 Å². The molecule has 1 amide bonds. The van der Waals surface area contributed by atoms with Crippen molar-refractivity contribution in [1.29, 1.82) is 0 Å². The van der Waals surface area contributed by atoms with Crippen LogP contribution in [0.2, 0.25) is 0 Å². The van der Waals surface area contributed by atoms with Crippen molar-refractivity contribution >= 4 is 5.91 Å². The molecule has 0 bridgehead atoms. The van der Waals surface area contributed by atoms with Gasteiger partial charge in [0, 0.05) is 32.1 Å². The molecular weight excluding hydrogens is 323 g/mol. The third-order valence-electron chi connectivity index (χ3n) is 4.43. The highest BCUT2D eigenvalue weighted by Gasteiger charge is 2.29. The van der Waals surface area contributed by atoms with Crippen LogP contribution in [0.15, 0.2) is 35.1 Å². The molecule has 3 rings (SSSR count). The lowest BCUT2D eigenvalue weighted by Gasteiger charge is -2.33. The lowest BCUT2D eigenvalue weighted by Crippen LogP contribution is -2.42. The van der Waals surface area contributed by atoms with Crippen LogP contribution in [0.4, 0.5) is 4.39 Å². The number of primary amides is 1. The Hall–Kier alpha value is -2.54. The van der Waals surface area contributed by atoms with Crippen molar-refractivity contribution in [2.45, 2.75) is 38.9 Å². The summed E-state index contributed by atoms with van der Waals surface area (Å²) in [6, 6.07) is 6.69. The number of carbonyl (C=O) groups excluding carboxylic acids is 1. The number of amides is 1. The maximum absolute atomic E-state index is 13.2. The molecule has 6 nitrogen and oxygen atoms in total. The number of hydrogen-bond donors (Lipinski definition) is 1. The van der Waals surface area contributed by atoms with E-state index in [0.29, 0.717) is 31.6 Å². The zero-order valence-corrected chi connectivity index (χ0v) is 14.1. The summed E-state index contributed by atoms with van der Waals surface area (Å²) in [4.78, 5) is 26.1. The van der Waals surface area contributed by atoms with Crippen molar-refractivity contribution in [3.63, 3.8) is 0 Å². The van der Waals surface area contributed by atoms with E-state index in [-0.39, 0.29) is 11.4 Å². The monoisotopic (exact) mass is 344 g/mol. The van der Waals surface area contributed by atoms with E-state index < -0.39 is 11.9 Å². The predicted octanol–water partition coefficient (Wildman–Crippen LogP) is 1.38. The van der Waals surface area contributed by atoms with Gasteiger partial charge in [-0.05, 0) is 29.7 Å². The van der Waals surface area contributed by atoms with Crippen LogP contribution in [0.5, 0.6) is 0 Å². The Morgan fingerprint density at radius 2 is 2.08 bits per heavy atom. The van der Waals surface area contributed by atoms with Gasteiger partial charge in [0.2, 0.25) is 5.91 Å². The highest BCUT2D eigenvalue weighted by molar-refractivity contribution is 5.81. The molecule has 1 aromatic heterocycles. The van der Waals surface area contributed by atoms with E-state index in [2.05, 4.69) is 5.10 Å². The molecule has 132 valence electrons. The lowest BCUT2D eigenvalue weighted by atomic mass is 9.99. The van der Waals surface area contributed by atoms with Gasteiger partial charge in [-0.15, -0.1) is 0 Å². The average molecular weight is 344 g/mol. The summed E-state index contributed by atoms with van der Waals surface area (Å²) in [7, 11) is 0. The fourth-order valence-electron chi connectivity index (χ4n) is 3.25. The largest absolute Gasteiger partial charge is 0.368 e. The van der Waals surface area contributed by atoms with Crippen LogP contribution in [0.25, 0.3) is 0 Å². The molecule has 25 heavy (non-hydrogen) atoms. The zero-order valence-electron chi connectivity index (χ0n) is 14.1. The number of benzene rings is 1. The number of rotatable bonds is 5. The molecule has 2 N–H and O–H groups in total. The number of nitrogens with zero attached hydrogens (tertiary/aromatic N) is 3. The van der Waals surface area contributed by atoms with Gasteiger partial charge in [0.1, 0.15) is 11.9 Å². The Balaban J connectivity index is 1.89. The second-order valence-electron chi connectivity index (χ2n) is 6.25. The number of aryl methyl sites for hydroxylation is 1. The van der Waals surface area contributed by atoms with Gasteiger partial charge in [-0.25, -0.2) is 9.07 Å². The van der Waals surface area contributed by atoms with Gasteiger partial charge in [-0.1, -0.05) is 19.1 Å². The first-order chi connectivity index (χ1) is 12.0. The quantitative estimate of drug-likeness (QED) is 0.888. The fraction of sp³-hybridized carbons (Fsp3) is 0.389. The van der Waals surface area contributed by atoms with Gasteiger partial charge in [-0.2, -0.15) is 5.10 Å². The molecule has 0 spiro atoms. The highest BCUT2D eigenvalue weighted by atomic mass is 19.1. The molecule has 0 saturated heterocycles. The molecule has 1 aliphatic heterocycles. The Kier molecular flexibility index (Phi) is 4.94. The molecule has 0 fully saturated rings. The highest BCUT2D eigenvalue weighted by Crippen LogP contribution is 2.26.